The molecule has 0 unspecified atom stereocenters. The number of aromatic nitrogens is 1. The molecule has 2 aromatic rings. The van der Waals surface area contributed by atoms with Crippen molar-refractivity contribution in [2.45, 2.75) is 13.5 Å². The molecule has 0 N–H and O–H groups in total. The first kappa shape index (κ1) is 9.37. The van der Waals surface area contributed by atoms with Crippen molar-refractivity contribution in [2.24, 2.45) is 0 Å². The van der Waals surface area contributed by atoms with E-state index in [-0.39, 0.29) is 0 Å². The van der Waals surface area contributed by atoms with E-state index in [1.807, 2.05) is 25.1 Å². The molecule has 16 heavy (non-hydrogen) atoms. The molecule has 78 valence electrons. The largest absolute Gasteiger partial charge is 0.487 e. The van der Waals surface area contributed by atoms with E-state index in [2.05, 4.69) is 11.1 Å². The molecule has 1 aromatic carbocycles. The predicted molar refractivity (Wildman–Crippen MR) is 61.3 cm³/mol. The van der Waals surface area contributed by atoms with Gasteiger partial charge < -0.3 is 4.74 Å². The second-order valence-corrected chi connectivity index (χ2v) is 4.77. The van der Waals surface area contributed by atoms with Crippen molar-refractivity contribution in [3.63, 3.8) is 0 Å². The van der Waals surface area contributed by atoms with E-state index in [1.54, 1.807) is 0 Å². The first-order valence-corrected chi connectivity index (χ1v) is 5.73. The summed E-state index contributed by atoms with van der Waals surface area (Å²) in [6, 6.07) is 8.12. The van der Waals surface area contributed by atoms with E-state index >= 15 is 0 Å². The third kappa shape index (κ3) is 1.29. The molecule has 0 radical (unpaired) electrons. The molecule has 1 aliphatic rings. The molecule has 0 bridgehead atoms. The minimum Gasteiger partial charge on any atom is -0.487 e. The Morgan fingerprint density at radius 3 is 3.19 bits per heavy atom. The normalized spacial score (nSPS) is 12.2. The highest BCUT2D eigenvalue weighted by atomic mass is 32.1. The fourth-order valence-electron chi connectivity index (χ4n) is 1.80. The van der Waals surface area contributed by atoms with Crippen LogP contribution in [0.4, 0.5) is 0 Å². The van der Waals surface area contributed by atoms with Gasteiger partial charge in [-0.25, -0.2) is 4.98 Å². The van der Waals surface area contributed by atoms with Crippen molar-refractivity contribution in [3.8, 4) is 23.1 Å². The van der Waals surface area contributed by atoms with Gasteiger partial charge in [-0.2, -0.15) is 5.26 Å². The van der Waals surface area contributed by atoms with Gasteiger partial charge in [-0.05, 0) is 24.6 Å². The highest BCUT2D eigenvalue weighted by Crippen LogP contribution is 2.39. The Morgan fingerprint density at radius 2 is 2.38 bits per heavy atom. The number of benzene rings is 1. The molecule has 4 heteroatoms. The van der Waals surface area contributed by atoms with Gasteiger partial charge in [0.2, 0.25) is 0 Å². The molecule has 1 aromatic heterocycles. The number of fused-ring (bicyclic) bond motifs is 3. The maximum absolute atomic E-state index is 8.84. The molecule has 0 amide bonds. The Hall–Kier alpha value is -1.86. The second-order valence-electron chi connectivity index (χ2n) is 3.69. The molecule has 0 fully saturated rings. The minimum atomic E-state index is 0.502. The van der Waals surface area contributed by atoms with Crippen molar-refractivity contribution >= 4 is 11.3 Å². The van der Waals surface area contributed by atoms with Crippen molar-refractivity contribution in [2.75, 3.05) is 0 Å². The average Bonchev–Trinajstić information content (AvgIpc) is 2.71. The molecular formula is C12H8N2OS. The summed E-state index contributed by atoms with van der Waals surface area (Å²) >= 11 is 1.41. The number of nitrogens with zero attached hydrogens (tertiary/aromatic N) is 2. The van der Waals surface area contributed by atoms with Crippen LogP contribution < -0.4 is 4.74 Å². The third-order valence-corrected chi connectivity index (χ3v) is 3.48. The lowest BCUT2D eigenvalue weighted by molar-refractivity contribution is 0.305. The zero-order valence-corrected chi connectivity index (χ0v) is 9.47. The molecule has 0 atom stereocenters. The summed E-state index contributed by atoms with van der Waals surface area (Å²) in [5, 5.41) is 9.34. The summed E-state index contributed by atoms with van der Waals surface area (Å²) in [6.45, 7) is 2.55. The van der Waals surface area contributed by atoms with Gasteiger partial charge in [0, 0.05) is 5.56 Å². The van der Waals surface area contributed by atoms with Gasteiger partial charge in [-0.3, -0.25) is 0 Å². The van der Waals surface area contributed by atoms with Crippen molar-refractivity contribution < 1.29 is 4.74 Å². The van der Waals surface area contributed by atoms with E-state index in [0.29, 0.717) is 11.6 Å². The number of ether oxygens (including phenoxy) is 1. The van der Waals surface area contributed by atoms with Gasteiger partial charge in [0.15, 0.2) is 5.01 Å². The quantitative estimate of drug-likeness (QED) is 0.696. The summed E-state index contributed by atoms with van der Waals surface area (Å²) < 4.78 is 5.65. The van der Waals surface area contributed by atoms with Crippen LogP contribution in [-0.2, 0) is 6.61 Å². The van der Waals surface area contributed by atoms with Crippen LogP contribution in [0.5, 0.6) is 5.75 Å². The molecule has 0 saturated carbocycles. The van der Waals surface area contributed by atoms with Gasteiger partial charge in [0.05, 0.1) is 10.6 Å². The first-order chi connectivity index (χ1) is 7.78. The summed E-state index contributed by atoms with van der Waals surface area (Å²) in [5.41, 5.74) is 3.06. The number of thiazole rings is 1. The van der Waals surface area contributed by atoms with E-state index in [9.17, 15) is 0 Å². The lowest BCUT2D eigenvalue weighted by atomic mass is 10.1. The Labute approximate surface area is 96.9 Å². The van der Waals surface area contributed by atoms with Crippen molar-refractivity contribution in [1.82, 2.24) is 4.98 Å². The number of nitriles is 1. The van der Waals surface area contributed by atoms with E-state index in [4.69, 9.17) is 10.00 Å². The van der Waals surface area contributed by atoms with Crippen LogP contribution in [-0.4, -0.2) is 4.98 Å². The van der Waals surface area contributed by atoms with Crippen LogP contribution in [0.15, 0.2) is 18.2 Å². The zero-order valence-electron chi connectivity index (χ0n) is 8.65. The van der Waals surface area contributed by atoms with Crippen LogP contribution in [0, 0.1) is 18.3 Å². The van der Waals surface area contributed by atoms with Gasteiger partial charge in [-0.1, -0.05) is 6.07 Å². The fraction of sp³-hybridized carbons (Fsp3) is 0.167. The Bertz CT molecular complexity index is 610. The standard InChI is InChI=1S/C12H8N2OS/c1-7-2-3-8-9(4-7)15-6-10-12(8)14-11(5-13)16-10/h2-4H,6H2,1H3. The molecule has 1 aliphatic heterocycles. The van der Waals surface area contributed by atoms with E-state index < -0.39 is 0 Å². The van der Waals surface area contributed by atoms with Crippen molar-refractivity contribution in [1.29, 1.82) is 5.26 Å². The second kappa shape index (κ2) is 3.32. The molecule has 3 rings (SSSR count). The fourth-order valence-corrected chi connectivity index (χ4v) is 2.58. The summed E-state index contributed by atoms with van der Waals surface area (Å²) in [5.74, 6) is 0.863. The summed E-state index contributed by atoms with van der Waals surface area (Å²) in [6.07, 6.45) is 0. The van der Waals surface area contributed by atoms with Gasteiger partial charge in [-0.15, -0.1) is 11.3 Å². The number of hydrogen-bond acceptors (Lipinski definition) is 4. The molecule has 0 spiro atoms. The highest BCUT2D eigenvalue weighted by Gasteiger charge is 2.21. The maximum atomic E-state index is 8.84. The molecule has 0 aliphatic carbocycles. The lowest BCUT2D eigenvalue weighted by Gasteiger charge is -2.16. The van der Waals surface area contributed by atoms with E-state index in [1.165, 1.54) is 11.3 Å². The molecule has 3 nitrogen and oxygen atoms in total. The van der Waals surface area contributed by atoms with Crippen LogP contribution in [0.2, 0.25) is 0 Å². The van der Waals surface area contributed by atoms with Crippen LogP contribution in [0.1, 0.15) is 15.4 Å². The van der Waals surface area contributed by atoms with Crippen LogP contribution in [0.3, 0.4) is 0 Å². The van der Waals surface area contributed by atoms with Crippen molar-refractivity contribution in [3.05, 3.63) is 33.6 Å². The number of aryl methyl sites for hydroxylation is 1. The van der Waals surface area contributed by atoms with E-state index in [0.717, 1.165) is 27.4 Å². The number of hydrogen-bond donors (Lipinski definition) is 0. The monoisotopic (exact) mass is 228 g/mol. The van der Waals surface area contributed by atoms with Crippen LogP contribution >= 0.6 is 11.3 Å². The van der Waals surface area contributed by atoms with Gasteiger partial charge in [0.1, 0.15) is 18.4 Å². The summed E-state index contributed by atoms with van der Waals surface area (Å²) in [7, 11) is 0. The predicted octanol–water partition coefficient (Wildman–Crippen LogP) is 2.88. The molecule has 0 saturated heterocycles. The van der Waals surface area contributed by atoms with Gasteiger partial charge >= 0.3 is 0 Å². The first-order valence-electron chi connectivity index (χ1n) is 4.91. The lowest BCUT2D eigenvalue weighted by Crippen LogP contribution is -2.03. The summed E-state index contributed by atoms with van der Waals surface area (Å²) in [4.78, 5) is 5.35. The zero-order chi connectivity index (χ0) is 11.1. The van der Waals surface area contributed by atoms with Crippen LogP contribution in [0.25, 0.3) is 11.3 Å². The Morgan fingerprint density at radius 1 is 1.50 bits per heavy atom. The highest BCUT2D eigenvalue weighted by molar-refractivity contribution is 7.12. The Balaban J connectivity index is 2.23. The molecular weight excluding hydrogens is 220 g/mol. The maximum Gasteiger partial charge on any atom is 0.195 e. The minimum absolute atomic E-state index is 0.502. The smallest absolute Gasteiger partial charge is 0.195 e. The Kier molecular flexibility index (Phi) is 1.95. The molecule has 2 heterocycles. The number of rotatable bonds is 0. The van der Waals surface area contributed by atoms with Gasteiger partial charge in [0.25, 0.3) is 0 Å². The SMILES string of the molecule is Cc1ccc2c(c1)OCc1sc(C#N)nc1-2. The average molecular weight is 228 g/mol. The third-order valence-electron chi connectivity index (χ3n) is 2.54. The topological polar surface area (TPSA) is 45.9 Å².